The van der Waals surface area contributed by atoms with E-state index in [1.165, 1.54) is 17.4 Å². The van der Waals surface area contributed by atoms with Gasteiger partial charge in [-0.3, -0.25) is 4.79 Å². The minimum absolute atomic E-state index is 0.269. The quantitative estimate of drug-likeness (QED) is 0.853. The van der Waals surface area contributed by atoms with E-state index < -0.39 is 0 Å². The van der Waals surface area contributed by atoms with E-state index in [-0.39, 0.29) is 5.91 Å². The number of hydrogen-bond donors (Lipinski definition) is 1. The topological polar surface area (TPSA) is 42.0 Å². The average Bonchev–Trinajstić information content (AvgIpc) is 2.76. The molecule has 3 nitrogen and oxygen atoms in total. The van der Waals surface area contributed by atoms with Crippen LogP contribution in [0.25, 0.3) is 6.08 Å². The maximum absolute atomic E-state index is 11.7. The molecule has 2 rings (SSSR count). The van der Waals surface area contributed by atoms with Crippen LogP contribution in [0.15, 0.2) is 29.7 Å². The van der Waals surface area contributed by atoms with E-state index in [0.29, 0.717) is 15.7 Å². The first kappa shape index (κ1) is 14.1. The second-order valence-electron chi connectivity index (χ2n) is 3.74. The second kappa shape index (κ2) is 6.19. The lowest BCUT2D eigenvalue weighted by molar-refractivity contribution is -0.111. The van der Waals surface area contributed by atoms with Gasteiger partial charge in [-0.05, 0) is 31.2 Å². The monoisotopic (exact) mass is 312 g/mol. The van der Waals surface area contributed by atoms with Crippen molar-refractivity contribution in [2.75, 3.05) is 5.32 Å². The van der Waals surface area contributed by atoms with E-state index in [1.807, 2.05) is 12.3 Å². The van der Waals surface area contributed by atoms with Gasteiger partial charge in [0.2, 0.25) is 5.91 Å². The molecule has 0 radical (unpaired) electrons. The van der Waals surface area contributed by atoms with Crippen molar-refractivity contribution in [1.29, 1.82) is 0 Å². The Bertz CT molecular complexity index is 637. The molecule has 19 heavy (non-hydrogen) atoms. The van der Waals surface area contributed by atoms with E-state index in [4.69, 9.17) is 23.2 Å². The van der Waals surface area contributed by atoms with Crippen LogP contribution in [0.1, 0.15) is 10.7 Å². The number of benzene rings is 1. The molecular weight excluding hydrogens is 303 g/mol. The summed E-state index contributed by atoms with van der Waals surface area (Å²) in [6, 6.07) is 4.90. The molecule has 0 saturated heterocycles. The summed E-state index contributed by atoms with van der Waals surface area (Å²) in [6.45, 7) is 1.91. The van der Waals surface area contributed by atoms with Crippen LogP contribution in [-0.4, -0.2) is 10.9 Å². The highest BCUT2D eigenvalue weighted by molar-refractivity contribution is 7.09. The summed E-state index contributed by atoms with van der Waals surface area (Å²) >= 11 is 13.3. The number of carbonyl (C=O) groups is 1. The Balaban J connectivity index is 2.03. The van der Waals surface area contributed by atoms with Gasteiger partial charge in [0.05, 0.1) is 21.4 Å². The van der Waals surface area contributed by atoms with Gasteiger partial charge in [0.25, 0.3) is 0 Å². The van der Waals surface area contributed by atoms with Gasteiger partial charge >= 0.3 is 0 Å². The fourth-order valence-electron chi connectivity index (χ4n) is 1.38. The van der Waals surface area contributed by atoms with Crippen molar-refractivity contribution in [3.05, 3.63) is 50.4 Å². The lowest BCUT2D eigenvalue weighted by Gasteiger charge is -2.04. The SMILES string of the molecule is Cc1nc(/C=C/C(=O)Nc2ccc(Cl)cc2Cl)cs1. The molecule has 1 heterocycles. The van der Waals surface area contributed by atoms with Crippen molar-refractivity contribution >= 4 is 52.2 Å². The van der Waals surface area contributed by atoms with Crippen molar-refractivity contribution in [3.63, 3.8) is 0 Å². The van der Waals surface area contributed by atoms with Crippen LogP contribution in [0.5, 0.6) is 0 Å². The van der Waals surface area contributed by atoms with Gasteiger partial charge in [-0.25, -0.2) is 4.98 Å². The molecule has 1 aromatic heterocycles. The zero-order valence-corrected chi connectivity index (χ0v) is 12.3. The molecular formula is C13H10Cl2N2OS. The molecule has 1 aromatic carbocycles. The minimum Gasteiger partial charge on any atom is -0.321 e. The number of thiazole rings is 1. The van der Waals surface area contributed by atoms with Crippen LogP contribution in [0.4, 0.5) is 5.69 Å². The summed E-state index contributed by atoms with van der Waals surface area (Å²) in [5.41, 5.74) is 1.29. The smallest absolute Gasteiger partial charge is 0.248 e. The lowest BCUT2D eigenvalue weighted by Crippen LogP contribution is -2.08. The predicted molar refractivity (Wildman–Crippen MR) is 81.0 cm³/mol. The van der Waals surface area contributed by atoms with Gasteiger partial charge in [0.15, 0.2) is 0 Å². The van der Waals surface area contributed by atoms with Crippen molar-refractivity contribution < 1.29 is 4.79 Å². The maximum atomic E-state index is 11.7. The molecule has 0 unspecified atom stereocenters. The third-order valence-corrected chi connectivity index (χ3v) is 3.57. The standard InChI is InChI=1S/C13H10Cl2N2OS/c1-8-16-10(7-19-8)3-5-13(18)17-12-4-2-9(14)6-11(12)15/h2-7H,1H3,(H,17,18)/b5-3+. The first-order valence-corrected chi connectivity index (χ1v) is 7.04. The molecule has 0 aliphatic heterocycles. The van der Waals surface area contributed by atoms with Crippen molar-refractivity contribution in [1.82, 2.24) is 4.98 Å². The summed E-state index contributed by atoms with van der Waals surface area (Å²) in [7, 11) is 0. The molecule has 0 atom stereocenters. The van der Waals surface area contributed by atoms with E-state index in [1.54, 1.807) is 24.3 Å². The molecule has 2 aromatic rings. The predicted octanol–water partition coefficient (Wildman–Crippen LogP) is 4.41. The van der Waals surface area contributed by atoms with Crippen LogP contribution in [0, 0.1) is 6.92 Å². The number of hydrogen-bond acceptors (Lipinski definition) is 3. The number of amides is 1. The Morgan fingerprint density at radius 1 is 1.42 bits per heavy atom. The van der Waals surface area contributed by atoms with Crippen molar-refractivity contribution in [2.45, 2.75) is 6.92 Å². The fraction of sp³-hybridized carbons (Fsp3) is 0.0769. The van der Waals surface area contributed by atoms with E-state index in [2.05, 4.69) is 10.3 Å². The van der Waals surface area contributed by atoms with Gasteiger partial charge in [-0.2, -0.15) is 0 Å². The van der Waals surface area contributed by atoms with Gasteiger partial charge in [0, 0.05) is 16.5 Å². The third-order valence-electron chi connectivity index (χ3n) is 2.23. The summed E-state index contributed by atoms with van der Waals surface area (Å²) in [5.74, 6) is -0.269. The van der Waals surface area contributed by atoms with Crippen LogP contribution in [-0.2, 0) is 4.79 Å². The maximum Gasteiger partial charge on any atom is 0.248 e. The second-order valence-corrected chi connectivity index (χ2v) is 5.64. The van der Waals surface area contributed by atoms with Gasteiger partial charge < -0.3 is 5.32 Å². The van der Waals surface area contributed by atoms with Crippen LogP contribution in [0.2, 0.25) is 10.0 Å². The molecule has 0 bridgehead atoms. The number of rotatable bonds is 3. The molecule has 0 fully saturated rings. The highest BCUT2D eigenvalue weighted by Crippen LogP contribution is 2.25. The zero-order valence-electron chi connectivity index (χ0n) is 9.98. The first-order valence-electron chi connectivity index (χ1n) is 5.41. The highest BCUT2D eigenvalue weighted by atomic mass is 35.5. The number of nitrogens with zero attached hydrogens (tertiary/aromatic N) is 1. The zero-order chi connectivity index (χ0) is 13.8. The number of aryl methyl sites for hydroxylation is 1. The molecule has 0 saturated carbocycles. The number of aromatic nitrogens is 1. The summed E-state index contributed by atoms with van der Waals surface area (Å²) in [5, 5.41) is 6.44. The van der Waals surface area contributed by atoms with Crippen LogP contribution >= 0.6 is 34.5 Å². The number of carbonyl (C=O) groups excluding carboxylic acids is 1. The van der Waals surface area contributed by atoms with Gasteiger partial charge in [-0.15, -0.1) is 11.3 Å². The Labute approximate surface area is 124 Å². The average molecular weight is 313 g/mol. The Hall–Kier alpha value is -1.36. The van der Waals surface area contributed by atoms with E-state index >= 15 is 0 Å². The van der Waals surface area contributed by atoms with Crippen molar-refractivity contribution in [3.8, 4) is 0 Å². The van der Waals surface area contributed by atoms with Gasteiger partial charge in [-0.1, -0.05) is 23.2 Å². The minimum atomic E-state index is -0.269. The Morgan fingerprint density at radius 2 is 2.21 bits per heavy atom. The highest BCUT2D eigenvalue weighted by Gasteiger charge is 2.04. The van der Waals surface area contributed by atoms with Crippen LogP contribution in [0.3, 0.4) is 0 Å². The van der Waals surface area contributed by atoms with E-state index in [9.17, 15) is 4.79 Å². The summed E-state index contributed by atoms with van der Waals surface area (Å²) < 4.78 is 0. The summed E-state index contributed by atoms with van der Waals surface area (Å²) in [6.07, 6.45) is 3.07. The molecule has 0 aliphatic carbocycles. The largest absolute Gasteiger partial charge is 0.321 e. The number of halogens is 2. The third kappa shape index (κ3) is 4.06. The Kier molecular flexibility index (Phi) is 4.58. The number of anilines is 1. The molecule has 98 valence electrons. The van der Waals surface area contributed by atoms with Gasteiger partial charge in [0.1, 0.15) is 0 Å². The first-order chi connectivity index (χ1) is 9.04. The van der Waals surface area contributed by atoms with Crippen molar-refractivity contribution in [2.24, 2.45) is 0 Å². The normalized spacial score (nSPS) is 10.9. The number of nitrogens with one attached hydrogen (secondary N) is 1. The molecule has 1 amide bonds. The molecule has 0 spiro atoms. The van der Waals surface area contributed by atoms with E-state index in [0.717, 1.165) is 10.7 Å². The molecule has 6 heteroatoms. The van der Waals surface area contributed by atoms with Crippen LogP contribution < -0.4 is 5.32 Å². The fourth-order valence-corrected chi connectivity index (χ4v) is 2.42. The molecule has 0 aliphatic rings. The molecule has 1 N–H and O–H groups in total. The Morgan fingerprint density at radius 3 is 2.84 bits per heavy atom. The lowest BCUT2D eigenvalue weighted by atomic mass is 10.3. The summed E-state index contributed by atoms with van der Waals surface area (Å²) in [4.78, 5) is 15.9.